The lowest BCUT2D eigenvalue weighted by atomic mass is 9.82. The molecule has 2 aliphatic rings. The molecule has 1 N–H and O–H groups in total. The van der Waals surface area contributed by atoms with Crippen LogP contribution in [0.4, 0.5) is 0 Å². The molecule has 2 saturated heterocycles. The van der Waals surface area contributed by atoms with Gasteiger partial charge in [-0.3, -0.25) is 4.79 Å². The highest BCUT2D eigenvalue weighted by atomic mass is 35.5. The molecule has 0 aliphatic carbocycles. The Morgan fingerprint density at radius 2 is 1.88 bits per heavy atom. The SMILES string of the molecule is CC1(C)CCN(C(=O)C2CCCCN2)CC1.Cl. The molecule has 2 fully saturated rings. The van der Waals surface area contributed by atoms with E-state index in [1.54, 1.807) is 0 Å². The number of hydrogen-bond acceptors (Lipinski definition) is 2. The molecule has 0 aromatic carbocycles. The summed E-state index contributed by atoms with van der Waals surface area (Å²) >= 11 is 0. The number of hydrogen-bond donors (Lipinski definition) is 1. The molecule has 17 heavy (non-hydrogen) atoms. The van der Waals surface area contributed by atoms with Crippen molar-refractivity contribution in [2.24, 2.45) is 5.41 Å². The molecule has 4 heteroatoms. The molecule has 0 bridgehead atoms. The van der Waals surface area contributed by atoms with Crippen molar-refractivity contribution < 1.29 is 4.79 Å². The van der Waals surface area contributed by atoms with Crippen molar-refractivity contribution in [2.75, 3.05) is 19.6 Å². The van der Waals surface area contributed by atoms with Crippen LogP contribution in [0.3, 0.4) is 0 Å². The summed E-state index contributed by atoms with van der Waals surface area (Å²) in [7, 11) is 0. The van der Waals surface area contributed by atoms with Crippen molar-refractivity contribution in [1.82, 2.24) is 10.2 Å². The Bertz CT molecular complexity index is 252. The van der Waals surface area contributed by atoms with Gasteiger partial charge in [-0.15, -0.1) is 12.4 Å². The lowest BCUT2D eigenvalue weighted by molar-refractivity contribution is -0.136. The van der Waals surface area contributed by atoms with Crippen LogP contribution >= 0.6 is 12.4 Å². The monoisotopic (exact) mass is 260 g/mol. The fourth-order valence-corrected chi connectivity index (χ4v) is 2.62. The summed E-state index contributed by atoms with van der Waals surface area (Å²) in [4.78, 5) is 14.3. The van der Waals surface area contributed by atoms with Gasteiger partial charge in [-0.05, 0) is 37.6 Å². The molecule has 2 aliphatic heterocycles. The van der Waals surface area contributed by atoms with Crippen molar-refractivity contribution in [3.63, 3.8) is 0 Å². The average molecular weight is 261 g/mol. The highest BCUT2D eigenvalue weighted by Gasteiger charge is 2.31. The minimum absolute atomic E-state index is 0. The van der Waals surface area contributed by atoms with Crippen molar-refractivity contribution >= 4 is 18.3 Å². The van der Waals surface area contributed by atoms with Gasteiger partial charge in [-0.1, -0.05) is 20.3 Å². The van der Waals surface area contributed by atoms with E-state index in [-0.39, 0.29) is 18.4 Å². The summed E-state index contributed by atoms with van der Waals surface area (Å²) in [5.41, 5.74) is 0.427. The quantitative estimate of drug-likeness (QED) is 0.784. The van der Waals surface area contributed by atoms with Crippen molar-refractivity contribution in [3.8, 4) is 0 Å². The average Bonchev–Trinajstić information content (AvgIpc) is 2.29. The zero-order valence-electron chi connectivity index (χ0n) is 11.0. The van der Waals surface area contributed by atoms with Crippen LogP contribution in [-0.2, 0) is 4.79 Å². The summed E-state index contributed by atoms with van der Waals surface area (Å²) in [6.07, 6.45) is 5.73. The van der Waals surface area contributed by atoms with Crippen LogP contribution in [0.1, 0.15) is 46.0 Å². The standard InChI is InChI=1S/C13H24N2O.ClH/c1-13(2)6-9-15(10-7-13)12(16)11-5-3-4-8-14-11;/h11,14H,3-10H2,1-2H3;1H. The highest BCUT2D eigenvalue weighted by molar-refractivity contribution is 5.85. The van der Waals surface area contributed by atoms with Gasteiger partial charge in [0, 0.05) is 13.1 Å². The maximum absolute atomic E-state index is 12.2. The zero-order chi connectivity index (χ0) is 11.6. The van der Waals surface area contributed by atoms with Crippen molar-refractivity contribution in [2.45, 2.75) is 52.0 Å². The minimum Gasteiger partial charge on any atom is -0.341 e. The number of nitrogens with zero attached hydrogens (tertiary/aromatic N) is 1. The van der Waals surface area contributed by atoms with Gasteiger partial charge in [-0.25, -0.2) is 0 Å². The molecule has 0 spiro atoms. The van der Waals surface area contributed by atoms with E-state index in [4.69, 9.17) is 0 Å². The summed E-state index contributed by atoms with van der Waals surface area (Å²) in [5, 5.41) is 3.35. The predicted octanol–water partition coefficient (Wildman–Crippen LogP) is 2.20. The van der Waals surface area contributed by atoms with Crippen LogP contribution in [-0.4, -0.2) is 36.5 Å². The molecule has 1 atom stereocenters. The zero-order valence-corrected chi connectivity index (χ0v) is 11.8. The number of rotatable bonds is 1. The second kappa shape index (κ2) is 6.05. The lowest BCUT2D eigenvalue weighted by Crippen LogP contribution is -2.51. The van der Waals surface area contributed by atoms with E-state index in [0.717, 1.165) is 38.9 Å². The smallest absolute Gasteiger partial charge is 0.239 e. The molecule has 0 radical (unpaired) electrons. The summed E-state index contributed by atoms with van der Waals surface area (Å²) < 4.78 is 0. The van der Waals surface area contributed by atoms with Crippen LogP contribution in [0.25, 0.3) is 0 Å². The summed E-state index contributed by atoms with van der Waals surface area (Å²) in [6, 6.07) is 0.106. The van der Waals surface area contributed by atoms with Gasteiger partial charge in [0.25, 0.3) is 0 Å². The van der Waals surface area contributed by atoms with Gasteiger partial charge in [-0.2, -0.15) is 0 Å². The maximum atomic E-state index is 12.2. The predicted molar refractivity (Wildman–Crippen MR) is 72.5 cm³/mol. The van der Waals surface area contributed by atoms with E-state index in [1.807, 2.05) is 0 Å². The normalized spacial score (nSPS) is 28.4. The number of carbonyl (C=O) groups excluding carboxylic acids is 1. The van der Waals surface area contributed by atoms with Gasteiger partial charge in [0.15, 0.2) is 0 Å². The number of carbonyl (C=O) groups is 1. The maximum Gasteiger partial charge on any atom is 0.239 e. The van der Waals surface area contributed by atoms with Gasteiger partial charge < -0.3 is 10.2 Å². The summed E-state index contributed by atoms with van der Waals surface area (Å²) in [6.45, 7) is 7.51. The largest absolute Gasteiger partial charge is 0.341 e. The molecule has 0 saturated carbocycles. The Balaban J connectivity index is 0.00000144. The first-order valence-electron chi connectivity index (χ1n) is 6.61. The summed E-state index contributed by atoms with van der Waals surface area (Å²) in [5.74, 6) is 0.343. The fraction of sp³-hybridized carbons (Fsp3) is 0.923. The third kappa shape index (κ3) is 3.85. The van der Waals surface area contributed by atoms with Crippen molar-refractivity contribution in [3.05, 3.63) is 0 Å². The van der Waals surface area contributed by atoms with E-state index in [0.29, 0.717) is 11.3 Å². The second-order valence-electron chi connectivity index (χ2n) is 5.99. The van der Waals surface area contributed by atoms with Crippen LogP contribution in [0.5, 0.6) is 0 Å². The molecular formula is C13H25ClN2O. The minimum atomic E-state index is 0. The topological polar surface area (TPSA) is 32.3 Å². The fourth-order valence-electron chi connectivity index (χ4n) is 2.62. The van der Waals surface area contributed by atoms with E-state index < -0.39 is 0 Å². The molecule has 100 valence electrons. The number of amides is 1. The Kier molecular flexibility index (Phi) is 5.26. The van der Waals surface area contributed by atoms with Gasteiger partial charge in [0.2, 0.25) is 5.91 Å². The van der Waals surface area contributed by atoms with Crippen molar-refractivity contribution in [1.29, 1.82) is 0 Å². The molecule has 2 heterocycles. The first-order valence-corrected chi connectivity index (χ1v) is 6.61. The molecule has 0 aromatic heterocycles. The lowest BCUT2D eigenvalue weighted by Gasteiger charge is -2.39. The Morgan fingerprint density at radius 1 is 1.24 bits per heavy atom. The number of piperidine rings is 2. The third-order valence-corrected chi connectivity index (χ3v) is 4.04. The Hall–Kier alpha value is -0.280. The van der Waals surface area contributed by atoms with Gasteiger partial charge in [0.1, 0.15) is 0 Å². The van der Waals surface area contributed by atoms with Crippen LogP contribution < -0.4 is 5.32 Å². The molecule has 1 unspecified atom stereocenters. The van der Waals surface area contributed by atoms with Crippen LogP contribution in [0.2, 0.25) is 0 Å². The third-order valence-electron chi connectivity index (χ3n) is 4.04. The van der Waals surface area contributed by atoms with E-state index >= 15 is 0 Å². The van der Waals surface area contributed by atoms with Crippen LogP contribution in [0, 0.1) is 5.41 Å². The van der Waals surface area contributed by atoms with E-state index in [9.17, 15) is 4.79 Å². The van der Waals surface area contributed by atoms with Crippen LogP contribution in [0.15, 0.2) is 0 Å². The highest BCUT2D eigenvalue weighted by Crippen LogP contribution is 2.30. The first-order chi connectivity index (χ1) is 7.58. The molecular weight excluding hydrogens is 236 g/mol. The first kappa shape index (κ1) is 14.8. The molecule has 0 aromatic rings. The molecule has 1 amide bonds. The van der Waals surface area contributed by atoms with Gasteiger partial charge in [0.05, 0.1) is 6.04 Å². The number of likely N-dealkylation sites (tertiary alicyclic amines) is 1. The molecule has 2 rings (SSSR count). The number of halogens is 1. The van der Waals surface area contributed by atoms with E-state index in [2.05, 4.69) is 24.1 Å². The van der Waals surface area contributed by atoms with E-state index in [1.165, 1.54) is 12.8 Å². The Morgan fingerprint density at radius 3 is 2.41 bits per heavy atom. The molecule has 3 nitrogen and oxygen atoms in total. The van der Waals surface area contributed by atoms with Gasteiger partial charge >= 0.3 is 0 Å². The Labute approximate surface area is 111 Å². The second-order valence-corrected chi connectivity index (χ2v) is 5.99. The number of nitrogens with one attached hydrogen (secondary N) is 1.